The number of carbonyl (C=O) groups excluding carboxylic acids is 1. The van der Waals surface area contributed by atoms with Gasteiger partial charge in [-0.05, 0) is 12.8 Å². The van der Waals surface area contributed by atoms with Crippen molar-refractivity contribution in [2.24, 2.45) is 0 Å². The van der Waals surface area contributed by atoms with Gasteiger partial charge in [0.15, 0.2) is 5.78 Å². The molecule has 2 aromatic heterocycles. The maximum absolute atomic E-state index is 11.2. The Bertz CT molecular complexity index is 514. The van der Waals surface area contributed by atoms with Crippen molar-refractivity contribution in [1.29, 1.82) is 0 Å². The Hall–Kier alpha value is -1.71. The Kier molecular flexibility index (Phi) is 2.26. The van der Waals surface area contributed by atoms with E-state index in [0.717, 1.165) is 5.69 Å². The summed E-state index contributed by atoms with van der Waals surface area (Å²) in [6.07, 6.45) is 5.25. The van der Waals surface area contributed by atoms with Crippen molar-refractivity contribution in [2.75, 3.05) is 0 Å². The molecule has 2 aromatic rings. The zero-order chi connectivity index (χ0) is 11.0. The minimum absolute atomic E-state index is 0.0178. The van der Waals surface area contributed by atoms with Gasteiger partial charge in [0, 0.05) is 18.6 Å². The molecule has 0 radical (unpaired) electrons. The molecule has 0 aromatic carbocycles. The predicted octanol–water partition coefficient (Wildman–Crippen LogP) is 2.06. The zero-order valence-electron chi connectivity index (χ0n) is 9.06. The van der Waals surface area contributed by atoms with Gasteiger partial charge in [0.1, 0.15) is 0 Å². The molecule has 0 aliphatic rings. The van der Waals surface area contributed by atoms with Gasteiger partial charge in [0.05, 0.1) is 11.3 Å². The number of Topliss-reactive ketones (excluding diaryl/α,β-unsaturated/α-hetero) is 1. The van der Waals surface area contributed by atoms with Crippen LogP contribution >= 0.6 is 0 Å². The highest BCUT2D eigenvalue weighted by atomic mass is 16.1. The van der Waals surface area contributed by atoms with Crippen LogP contribution in [0.25, 0.3) is 5.78 Å². The van der Waals surface area contributed by atoms with E-state index in [4.69, 9.17) is 0 Å². The maximum atomic E-state index is 11.2. The molecule has 0 unspecified atom stereocenters. The molecule has 2 heterocycles. The molecule has 15 heavy (non-hydrogen) atoms. The number of nitrogens with zero attached hydrogens (tertiary/aromatic N) is 3. The second-order valence-corrected chi connectivity index (χ2v) is 3.93. The van der Waals surface area contributed by atoms with Crippen molar-refractivity contribution in [2.45, 2.75) is 26.7 Å². The first-order valence-electron chi connectivity index (χ1n) is 4.93. The fraction of sp³-hybridized carbons (Fsp3) is 0.364. The predicted molar refractivity (Wildman–Crippen MR) is 57.1 cm³/mol. The van der Waals surface area contributed by atoms with Crippen molar-refractivity contribution < 1.29 is 4.79 Å². The van der Waals surface area contributed by atoms with Gasteiger partial charge in [-0.25, -0.2) is 9.97 Å². The lowest BCUT2D eigenvalue weighted by atomic mass is 10.2. The first-order chi connectivity index (χ1) is 7.08. The normalized spacial score (nSPS) is 11.2. The van der Waals surface area contributed by atoms with Crippen LogP contribution in [0.1, 0.15) is 42.7 Å². The number of carbonyl (C=O) groups is 1. The van der Waals surface area contributed by atoms with E-state index >= 15 is 0 Å². The Morgan fingerprint density at radius 3 is 2.73 bits per heavy atom. The van der Waals surface area contributed by atoms with Crippen LogP contribution < -0.4 is 0 Å². The third-order valence-electron chi connectivity index (χ3n) is 2.33. The van der Waals surface area contributed by atoms with E-state index in [1.165, 1.54) is 6.92 Å². The lowest BCUT2D eigenvalue weighted by molar-refractivity contribution is 0.101. The van der Waals surface area contributed by atoms with Gasteiger partial charge >= 0.3 is 0 Å². The van der Waals surface area contributed by atoms with Crippen molar-refractivity contribution in [3.63, 3.8) is 0 Å². The summed E-state index contributed by atoms with van der Waals surface area (Å²) in [5.41, 5.74) is 1.60. The van der Waals surface area contributed by atoms with Gasteiger partial charge in [-0.3, -0.25) is 9.20 Å². The summed E-state index contributed by atoms with van der Waals surface area (Å²) in [7, 11) is 0. The molecule has 0 amide bonds. The monoisotopic (exact) mass is 203 g/mol. The average molecular weight is 203 g/mol. The molecule has 0 fully saturated rings. The molecule has 0 N–H and O–H groups in total. The van der Waals surface area contributed by atoms with E-state index in [1.807, 2.05) is 6.20 Å². The van der Waals surface area contributed by atoms with E-state index in [9.17, 15) is 4.79 Å². The van der Waals surface area contributed by atoms with Gasteiger partial charge in [-0.15, -0.1) is 0 Å². The summed E-state index contributed by atoms with van der Waals surface area (Å²) in [5.74, 6) is 1.03. The third kappa shape index (κ3) is 1.75. The number of aromatic nitrogens is 3. The standard InChI is InChI=1S/C11H13N3O/c1-7(2)10-6-14-5-9(8(3)15)4-12-11(14)13-10/h4-7H,1-3H3. The van der Waals surface area contributed by atoms with Gasteiger partial charge < -0.3 is 0 Å². The number of hydrogen-bond donors (Lipinski definition) is 0. The molecule has 0 saturated heterocycles. The smallest absolute Gasteiger partial charge is 0.233 e. The lowest BCUT2D eigenvalue weighted by Gasteiger charge is -1.95. The molecular weight excluding hydrogens is 190 g/mol. The Balaban J connectivity index is 2.57. The van der Waals surface area contributed by atoms with Crippen molar-refractivity contribution in [3.05, 3.63) is 29.8 Å². The van der Waals surface area contributed by atoms with E-state index in [1.54, 1.807) is 16.8 Å². The van der Waals surface area contributed by atoms with Gasteiger partial charge in [0.2, 0.25) is 5.78 Å². The molecule has 0 bridgehead atoms. The van der Waals surface area contributed by atoms with Crippen LogP contribution in [-0.2, 0) is 0 Å². The molecule has 2 rings (SSSR count). The first-order valence-corrected chi connectivity index (χ1v) is 4.93. The summed E-state index contributed by atoms with van der Waals surface area (Å²) in [5, 5.41) is 0. The van der Waals surface area contributed by atoms with Gasteiger partial charge in [0.25, 0.3) is 0 Å². The quantitative estimate of drug-likeness (QED) is 0.702. The molecule has 0 saturated carbocycles. The SMILES string of the molecule is CC(=O)c1cnc2nc(C(C)C)cn2c1. The molecule has 0 atom stereocenters. The molecule has 4 nitrogen and oxygen atoms in total. The van der Waals surface area contributed by atoms with Crippen molar-refractivity contribution in [3.8, 4) is 0 Å². The van der Waals surface area contributed by atoms with E-state index in [0.29, 0.717) is 17.3 Å². The third-order valence-corrected chi connectivity index (χ3v) is 2.33. The molecule has 0 spiro atoms. The second-order valence-electron chi connectivity index (χ2n) is 3.93. The van der Waals surface area contributed by atoms with Crippen LogP contribution in [0.15, 0.2) is 18.6 Å². The highest BCUT2D eigenvalue weighted by molar-refractivity contribution is 5.93. The summed E-state index contributed by atoms with van der Waals surface area (Å²) < 4.78 is 1.80. The second kappa shape index (κ2) is 3.46. The fourth-order valence-electron chi connectivity index (χ4n) is 1.36. The summed E-state index contributed by atoms with van der Waals surface area (Å²) >= 11 is 0. The topological polar surface area (TPSA) is 47.3 Å². The largest absolute Gasteiger partial charge is 0.294 e. The molecule has 4 heteroatoms. The minimum atomic E-state index is 0.0178. The average Bonchev–Trinajstić information content (AvgIpc) is 2.59. The summed E-state index contributed by atoms with van der Waals surface area (Å²) in [6, 6.07) is 0. The Morgan fingerprint density at radius 2 is 2.13 bits per heavy atom. The number of rotatable bonds is 2. The highest BCUT2D eigenvalue weighted by Gasteiger charge is 2.07. The number of fused-ring (bicyclic) bond motifs is 1. The van der Waals surface area contributed by atoms with Crippen LogP contribution in [0.4, 0.5) is 0 Å². The summed E-state index contributed by atoms with van der Waals surface area (Å²) in [4.78, 5) is 19.6. The molecule has 0 aliphatic heterocycles. The van der Waals surface area contributed by atoms with E-state index < -0.39 is 0 Å². The van der Waals surface area contributed by atoms with Crippen molar-refractivity contribution in [1.82, 2.24) is 14.4 Å². The van der Waals surface area contributed by atoms with E-state index in [2.05, 4.69) is 23.8 Å². The van der Waals surface area contributed by atoms with Crippen LogP contribution in [-0.4, -0.2) is 20.2 Å². The fourth-order valence-corrected chi connectivity index (χ4v) is 1.36. The number of imidazole rings is 1. The summed E-state index contributed by atoms with van der Waals surface area (Å²) in [6.45, 7) is 5.68. The maximum Gasteiger partial charge on any atom is 0.233 e. The van der Waals surface area contributed by atoms with Crippen molar-refractivity contribution >= 4 is 11.6 Å². The highest BCUT2D eigenvalue weighted by Crippen LogP contribution is 2.13. The molecule has 0 aliphatic carbocycles. The molecular formula is C11H13N3O. The Labute approximate surface area is 88.0 Å². The van der Waals surface area contributed by atoms with Gasteiger partial charge in [-0.1, -0.05) is 13.8 Å². The van der Waals surface area contributed by atoms with Gasteiger partial charge in [-0.2, -0.15) is 0 Å². The van der Waals surface area contributed by atoms with Crippen LogP contribution in [0.2, 0.25) is 0 Å². The minimum Gasteiger partial charge on any atom is -0.294 e. The zero-order valence-corrected chi connectivity index (χ0v) is 9.06. The Morgan fingerprint density at radius 1 is 1.40 bits per heavy atom. The van der Waals surface area contributed by atoms with E-state index in [-0.39, 0.29) is 5.78 Å². The van der Waals surface area contributed by atoms with Crippen LogP contribution in [0.3, 0.4) is 0 Å². The van der Waals surface area contributed by atoms with Crippen LogP contribution in [0.5, 0.6) is 0 Å². The molecule has 78 valence electrons. The number of ketones is 1. The number of hydrogen-bond acceptors (Lipinski definition) is 3. The lowest BCUT2D eigenvalue weighted by Crippen LogP contribution is -1.97. The van der Waals surface area contributed by atoms with Crippen LogP contribution in [0, 0.1) is 0 Å². The first kappa shape index (κ1) is 9.83.